The number of rotatable bonds is 2. The minimum absolute atomic E-state index is 0.0125. The summed E-state index contributed by atoms with van der Waals surface area (Å²) >= 11 is 0. The molecule has 0 nitrogen and oxygen atoms in total. The highest BCUT2D eigenvalue weighted by Crippen LogP contribution is 2.46. The van der Waals surface area contributed by atoms with Gasteiger partial charge in [0.15, 0.2) is 0 Å². The molecule has 24 heavy (non-hydrogen) atoms. The van der Waals surface area contributed by atoms with Crippen LogP contribution >= 0.6 is 0 Å². The fourth-order valence-electron chi connectivity index (χ4n) is 5.62. The minimum atomic E-state index is -1.21. The molecule has 3 saturated carbocycles. The maximum Gasteiger partial charge on any atom is 0.134 e. The van der Waals surface area contributed by atoms with E-state index in [1.54, 1.807) is 0 Å². The van der Waals surface area contributed by atoms with Gasteiger partial charge in [-0.25, -0.2) is 8.78 Å². The van der Waals surface area contributed by atoms with Gasteiger partial charge in [0, 0.05) is 0 Å². The molecule has 0 aromatic carbocycles. The molecule has 0 aliphatic heterocycles. The van der Waals surface area contributed by atoms with Crippen LogP contribution in [0.25, 0.3) is 0 Å². The zero-order chi connectivity index (χ0) is 17.7. The van der Waals surface area contributed by atoms with Crippen LogP contribution in [0.15, 0.2) is 0 Å². The van der Waals surface area contributed by atoms with Crippen molar-refractivity contribution in [1.29, 1.82) is 0 Å². The lowest BCUT2D eigenvalue weighted by molar-refractivity contribution is -0.00996. The van der Waals surface area contributed by atoms with Gasteiger partial charge in [-0.3, -0.25) is 0 Å². The zero-order valence-corrected chi connectivity index (χ0v) is 16.4. The highest BCUT2D eigenvalue weighted by atomic mass is 19.2. The Kier molecular flexibility index (Phi) is 8.01. The summed E-state index contributed by atoms with van der Waals surface area (Å²) in [5.41, 5.74) is 0. The molecular formula is C22H40F2. The fraction of sp³-hybridized carbons (Fsp3) is 1.00. The first-order chi connectivity index (χ1) is 11.6. The van der Waals surface area contributed by atoms with Gasteiger partial charge in [-0.1, -0.05) is 40.5 Å². The maximum absolute atomic E-state index is 14.4. The standard InChI is InChI=1S/C20H34F2.C2H6/c1-13-3-6-15(7-4-13)16-8-10-17(11-9-16)18-12-5-14(2)19(21)20(18)22;1-2/h13-20H,3-12H2,1-2H3;1-2H3. The lowest BCUT2D eigenvalue weighted by Crippen LogP contribution is -2.41. The fourth-order valence-corrected chi connectivity index (χ4v) is 5.62. The first kappa shape index (κ1) is 20.2. The number of alkyl halides is 2. The van der Waals surface area contributed by atoms with Crippen LogP contribution in [0.5, 0.6) is 0 Å². The Morgan fingerprint density at radius 3 is 1.54 bits per heavy atom. The van der Waals surface area contributed by atoms with Crippen LogP contribution in [0.3, 0.4) is 0 Å². The van der Waals surface area contributed by atoms with E-state index >= 15 is 0 Å². The normalized spacial score (nSPS) is 46.8. The Balaban J connectivity index is 0.00000100. The van der Waals surface area contributed by atoms with Crippen molar-refractivity contribution in [1.82, 2.24) is 0 Å². The van der Waals surface area contributed by atoms with Crippen LogP contribution in [-0.4, -0.2) is 12.3 Å². The van der Waals surface area contributed by atoms with E-state index in [9.17, 15) is 8.78 Å². The smallest absolute Gasteiger partial charge is 0.134 e. The highest BCUT2D eigenvalue weighted by Gasteiger charge is 2.43. The summed E-state index contributed by atoms with van der Waals surface area (Å²) in [6.45, 7) is 8.25. The molecular weight excluding hydrogens is 302 g/mol. The van der Waals surface area contributed by atoms with E-state index in [0.717, 1.165) is 43.4 Å². The second-order valence-corrected chi connectivity index (χ2v) is 8.80. The first-order valence-corrected chi connectivity index (χ1v) is 10.8. The molecule has 0 bridgehead atoms. The summed E-state index contributed by atoms with van der Waals surface area (Å²) in [5.74, 6) is 3.12. The molecule has 3 aliphatic rings. The van der Waals surface area contributed by atoms with Gasteiger partial charge in [-0.15, -0.1) is 0 Å². The predicted molar refractivity (Wildman–Crippen MR) is 99.6 cm³/mol. The van der Waals surface area contributed by atoms with E-state index in [-0.39, 0.29) is 11.8 Å². The van der Waals surface area contributed by atoms with Crippen molar-refractivity contribution < 1.29 is 8.78 Å². The summed E-state index contributed by atoms with van der Waals surface area (Å²) in [7, 11) is 0. The van der Waals surface area contributed by atoms with Gasteiger partial charge in [-0.2, -0.15) is 0 Å². The van der Waals surface area contributed by atoms with Crippen molar-refractivity contribution in [3.63, 3.8) is 0 Å². The molecule has 0 aromatic heterocycles. The summed E-state index contributed by atoms with van der Waals surface area (Å²) < 4.78 is 28.4. The highest BCUT2D eigenvalue weighted by molar-refractivity contribution is 4.92. The molecule has 0 spiro atoms. The van der Waals surface area contributed by atoms with E-state index in [0.29, 0.717) is 5.92 Å². The summed E-state index contributed by atoms with van der Waals surface area (Å²) in [6.07, 6.45) is 9.89. The summed E-state index contributed by atoms with van der Waals surface area (Å²) in [4.78, 5) is 0. The first-order valence-electron chi connectivity index (χ1n) is 10.8. The molecule has 0 aromatic rings. The Bertz CT molecular complexity index is 340. The van der Waals surface area contributed by atoms with Crippen molar-refractivity contribution in [2.45, 2.75) is 104 Å². The monoisotopic (exact) mass is 342 g/mol. The molecule has 3 fully saturated rings. The van der Waals surface area contributed by atoms with Gasteiger partial charge in [0.05, 0.1) is 0 Å². The van der Waals surface area contributed by atoms with Crippen LogP contribution in [0.4, 0.5) is 8.78 Å². The van der Waals surface area contributed by atoms with E-state index in [1.807, 2.05) is 20.8 Å². The molecule has 0 N–H and O–H groups in total. The van der Waals surface area contributed by atoms with Crippen molar-refractivity contribution in [3.05, 3.63) is 0 Å². The molecule has 0 radical (unpaired) electrons. The molecule has 3 rings (SSSR count). The van der Waals surface area contributed by atoms with Gasteiger partial charge >= 0.3 is 0 Å². The molecule has 0 saturated heterocycles. The van der Waals surface area contributed by atoms with Gasteiger partial charge in [0.1, 0.15) is 12.3 Å². The zero-order valence-electron chi connectivity index (χ0n) is 16.4. The topological polar surface area (TPSA) is 0 Å². The van der Waals surface area contributed by atoms with E-state index in [4.69, 9.17) is 0 Å². The summed E-state index contributed by atoms with van der Waals surface area (Å²) in [6, 6.07) is 0. The molecule has 142 valence electrons. The third-order valence-corrected chi connectivity index (χ3v) is 7.36. The molecule has 0 amide bonds. The molecule has 4 atom stereocenters. The van der Waals surface area contributed by atoms with Crippen molar-refractivity contribution in [3.8, 4) is 0 Å². The van der Waals surface area contributed by atoms with Crippen LogP contribution < -0.4 is 0 Å². The van der Waals surface area contributed by atoms with Gasteiger partial charge in [0.25, 0.3) is 0 Å². The van der Waals surface area contributed by atoms with E-state index in [2.05, 4.69) is 6.92 Å². The third-order valence-electron chi connectivity index (χ3n) is 7.36. The van der Waals surface area contributed by atoms with E-state index < -0.39 is 12.3 Å². The summed E-state index contributed by atoms with van der Waals surface area (Å²) in [5, 5.41) is 0. The molecule has 4 unspecified atom stereocenters. The molecule has 0 heterocycles. The Morgan fingerprint density at radius 1 is 0.542 bits per heavy atom. The third kappa shape index (κ3) is 4.73. The van der Waals surface area contributed by atoms with Gasteiger partial charge in [0.2, 0.25) is 0 Å². The Hall–Kier alpha value is -0.140. The average Bonchev–Trinajstić information content (AvgIpc) is 2.63. The maximum atomic E-state index is 14.4. The SMILES string of the molecule is CC.CC1CCC(C2CCC(C3CCC(C)C(F)C3F)CC2)CC1. The van der Waals surface area contributed by atoms with Crippen LogP contribution in [0, 0.1) is 35.5 Å². The molecule has 3 aliphatic carbocycles. The van der Waals surface area contributed by atoms with Crippen LogP contribution in [-0.2, 0) is 0 Å². The largest absolute Gasteiger partial charge is 0.244 e. The van der Waals surface area contributed by atoms with Crippen molar-refractivity contribution in [2.75, 3.05) is 0 Å². The van der Waals surface area contributed by atoms with Crippen molar-refractivity contribution >= 4 is 0 Å². The van der Waals surface area contributed by atoms with Gasteiger partial charge in [-0.05, 0) is 86.9 Å². The van der Waals surface area contributed by atoms with Crippen molar-refractivity contribution in [2.24, 2.45) is 35.5 Å². The van der Waals surface area contributed by atoms with E-state index in [1.165, 1.54) is 38.5 Å². The van der Waals surface area contributed by atoms with Gasteiger partial charge < -0.3 is 0 Å². The van der Waals surface area contributed by atoms with Crippen LogP contribution in [0.1, 0.15) is 91.9 Å². The lowest BCUT2D eigenvalue weighted by Gasteiger charge is -2.42. The quantitative estimate of drug-likeness (QED) is 0.491. The Morgan fingerprint density at radius 2 is 1.00 bits per heavy atom. The predicted octanol–water partition coefficient (Wildman–Crippen LogP) is 7.37. The molecule has 2 heteroatoms. The second-order valence-electron chi connectivity index (χ2n) is 8.80. The minimum Gasteiger partial charge on any atom is -0.244 e. The lowest BCUT2D eigenvalue weighted by atomic mass is 9.64. The average molecular weight is 343 g/mol. The Labute approximate surface area is 149 Å². The number of halogens is 2. The number of hydrogen-bond acceptors (Lipinski definition) is 0. The number of hydrogen-bond donors (Lipinski definition) is 0. The van der Waals surface area contributed by atoms with Crippen LogP contribution in [0.2, 0.25) is 0 Å². The second kappa shape index (κ2) is 9.53.